The fourth-order valence-electron chi connectivity index (χ4n) is 3.48. The standard InChI is InChI=1S/C18H22N6O/c1-25-17-7-3-2-6-16(17)24-11-14(9-21-24)10-23-8-4-5-15(12-23)18-19-13-20-22-18/h2-3,6-7,9,11,13,15H,4-5,8,10,12H2,1H3,(H,19,20,22)/t15-/m1/s1. The smallest absolute Gasteiger partial charge is 0.144 e. The van der Waals surface area contributed by atoms with E-state index in [1.165, 1.54) is 12.0 Å². The molecule has 25 heavy (non-hydrogen) atoms. The molecule has 1 saturated heterocycles. The zero-order valence-corrected chi connectivity index (χ0v) is 14.3. The fraction of sp³-hybridized carbons (Fsp3) is 0.389. The Bertz CT molecular complexity index is 813. The number of nitrogens with one attached hydrogen (secondary N) is 1. The molecule has 0 spiro atoms. The lowest BCUT2D eigenvalue weighted by molar-refractivity contribution is 0.196. The van der Waals surface area contributed by atoms with Crippen LogP contribution in [0.3, 0.4) is 0 Å². The van der Waals surface area contributed by atoms with Crippen LogP contribution in [-0.4, -0.2) is 50.1 Å². The van der Waals surface area contributed by atoms with Crippen LogP contribution in [0.25, 0.3) is 5.69 Å². The number of aromatic amines is 1. The number of H-pyrrole nitrogens is 1. The number of piperidine rings is 1. The van der Waals surface area contributed by atoms with Crippen LogP contribution in [0.1, 0.15) is 30.1 Å². The minimum atomic E-state index is 0.431. The van der Waals surface area contributed by atoms with E-state index in [0.29, 0.717) is 5.92 Å². The van der Waals surface area contributed by atoms with Crippen molar-refractivity contribution in [1.29, 1.82) is 0 Å². The number of para-hydroxylation sites is 2. The van der Waals surface area contributed by atoms with Gasteiger partial charge in [0.05, 0.1) is 13.3 Å². The molecule has 1 aliphatic heterocycles. The number of aromatic nitrogens is 5. The van der Waals surface area contributed by atoms with Gasteiger partial charge in [-0.25, -0.2) is 9.67 Å². The summed E-state index contributed by atoms with van der Waals surface area (Å²) in [4.78, 5) is 6.78. The molecule has 0 amide bonds. The van der Waals surface area contributed by atoms with Gasteiger partial charge in [0.15, 0.2) is 0 Å². The number of hydrogen-bond donors (Lipinski definition) is 1. The van der Waals surface area contributed by atoms with Crippen LogP contribution in [0.4, 0.5) is 0 Å². The number of nitrogens with zero attached hydrogens (tertiary/aromatic N) is 5. The number of ether oxygens (including phenoxy) is 1. The number of likely N-dealkylation sites (tertiary alicyclic amines) is 1. The average Bonchev–Trinajstić information content (AvgIpc) is 3.34. The molecule has 1 aliphatic rings. The lowest BCUT2D eigenvalue weighted by Crippen LogP contribution is -2.34. The molecule has 7 nitrogen and oxygen atoms in total. The number of methoxy groups -OCH3 is 1. The van der Waals surface area contributed by atoms with Crippen LogP contribution in [0.5, 0.6) is 5.75 Å². The molecule has 0 unspecified atom stereocenters. The van der Waals surface area contributed by atoms with Crippen molar-refractivity contribution < 1.29 is 4.74 Å². The van der Waals surface area contributed by atoms with Gasteiger partial charge in [0, 0.05) is 30.8 Å². The van der Waals surface area contributed by atoms with Gasteiger partial charge >= 0.3 is 0 Å². The van der Waals surface area contributed by atoms with Crippen molar-refractivity contribution >= 4 is 0 Å². The van der Waals surface area contributed by atoms with E-state index >= 15 is 0 Å². The zero-order valence-electron chi connectivity index (χ0n) is 14.3. The molecule has 1 fully saturated rings. The molecule has 1 aromatic carbocycles. The number of rotatable bonds is 5. The fourth-order valence-corrected chi connectivity index (χ4v) is 3.48. The topological polar surface area (TPSA) is 71.9 Å². The Hall–Kier alpha value is -2.67. The Morgan fingerprint density at radius 1 is 1.32 bits per heavy atom. The summed E-state index contributed by atoms with van der Waals surface area (Å²) in [5.74, 6) is 2.25. The minimum absolute atomic E-state index is 0.431. The molecule has 2 aromatic heterocycles. The summed E-state index contributed by atoms with van der Waals surface area (Å²) in [5, 5.41) is 11.5. The predicted molar refractivity (Wildman–Crippen MR) is 93.8 cm³/mol. The van der Waals surface area contributed by atoms with Crippen molar-refractivity contribution in [2.45, 2.75) is 25.3 Å². The molecule has 3 heterocycles. The highest BCUT2D eigenvalue weighted by atomic mass is 16.5. The van der Waals surface area contributed by atoms with E-state index in [-0.39, 0.29) is 0 Å². The average molecular weight is 338 g/mol. The van der Waals surface area contributed by atoms with E-state index in [0.717, 1.165) is 43.3 Å². The summed E-state index contributed by atoms with van der Waals surface area (Å²) in [7, 11) is 1.68. The first-order valence-corrected chi connectivity index (χ1v) is 8.58. The molecule has 3 aromatic rings. The molecule has 1 atom stereocenters. The Balaban J connectivity index is 1.46. The quantitative estimate of drug-likeness (QED) is 0.773. The summed E-state index contributed by atoms with van der Waals surface area (Å²) in [6.07, 6.45) is 7.93. The van der Waals surface area contributed by atoms with Crippen LogP contribution < -0.4 is 4.74 Å². The maximum Gasteiger partial charge on any atom is 0.144 e. The van der Waals surface area contributed by atoms with Crippen LogP contribution in [0, 0.1) is 0 Å². The highest BCUT2D eigenvalue weighted by Crippen LogP contribution is 2.26. The minimum Gasteiger partial charge on any atom is -0.494 e. The first-order chi connectivity index (χ1) is 12.3. The monoisotopic (exact) mass is 338 g/mol. The molecule has 0 bridgehead atoms. The van der Waals surface area contributed by atoms with Crippen molar-refractivity contribution in [2.75, 3.05) is 20.2 Å². The van der Waals surface area contributed by atoms with Crippen LogP contribution in [-0.2, 0) is 6.54 Å². The summed E-state index contributed by atoms with van der Waals surface area (Å²) in [5.41, 5.74) is 2.15. The third-order valence-electron chi connectivity index (χ3n) is 4.70. The van der Waals surface area contributed by atoms with Crippen molar-refractivity contribution in [1.82, 2.24) is 29.9 Å². The zero-order chi connectivity index (χ0) is 17.1. The summed E-state index contributed by atoms with van der Waals surface area (Å²) >= 11 is 0. The summed E-state index contributed by atoms with van der Waals surface area (Å²) in [6.45, 7) is 2.99. The lowest BCUT2D eigenvalue weighted by Gasteiger charge is -2.31. The van der Waals surface area contributed by atoms with Crippen molar-refractivity contribution in [3.05, 3.63) is 54.4 Å². The van der Waals surface area contributed by atoms with E-state index in [2.05, 4.69) is 31.4 Å². The predicted octanol–water partition coefficient (Wildman–Crippen LogP) is 2.38. The molecule has 1 N–H and O–H groups in total. The highest BCUT2D eigenvalue weighted by molar-refractivity contribution is 5.46. The highest BCUT2D eigenvalue weighted by Gasteiger charge is 2.23. The van der Waals surface area contributed by atoms with Gasteiger partial charge < -0.3 is 4.74 Å². The van der Waals surface area contributed by atoms with E-state index in [4.69, 9.17) is 4.74 Å². The molecule has 0 aliphatic carbocycles. The van der Waals surface area contributed by atoms with Crippen molar-refractivity contribution in [3.63, 3.8) is 0 Å². The van der Waals surface area contributed by atoms with Gasteiger partial charge in [-0.3, -0.25) is 10.00 Å². The van der Waals surface area contributed by atoms with Gasteiger partial charge in [-0.05, 0) is 31.5 Å². The molecule has 7 heteroatoms. The molecular weight excluding hydrogens is 316 g/mol. The van der Waals surface area contributed by atoms with Crippen LogP contribution in [0.15, 0.2) is 43.0 Å². The van der Waals surface area contributed by atoms with Crippen molar-refractivity contribution in [3.8, 4) is 11.4 Å². The SMILES string of the molecule is COc1ccccc1-n1cc(CN2CCC[C@@H](c3ncn[nH]3)C2)cn1. The van der Waals surface area contributed by atoms with Crippen molar-refractivity contribution in [2.24, 2.45) is 0 Å². The molecular formula is C18H22N6O. The number of hydrogen-bond acceptors (Lipinski definition) is 5. The molecule has 0 radical (unpaired) electrons. The largest absolute Gasteiger partial charge is 0.494 e. The number of benzene rings is 1. The second kappa shape index (κ2) is 7.06. The van der Waals surface area contributed by atoms with E-state index < -0.39 is 0 Å². The van der Waals surface area contributed by atoms with Crippen LogP contribution >= 0.6 is 0 Å². The van der Waals surface area contributed by atoms with Gasteiger partial charge in [-0.15, -0.1) is 0 Å². The maximum atomic E-state index is 5.43. The van der Waals surface area contributed by atoms with Crippen LogP contribution in [0.2, 0.25) is 0 Å². The molecule has 130 valence electrons. The Labute approximate surface area is 146 Å². The Morgan fingerprint density at radius 2 is 2.24 bits per heavy atom. The first kappa shape index (κ1) is 15.8. The van der Waals surface area contributed by atoms with E-state index in [1.54, 1.807) is 13.4 Å². The second-order valence-corrected chi connectivity index (χ2v) is 6.41. The Morgan fingerprint density at radius 3 is 3.08 bits per heavy atom. The third-order valence-corrected chi connectivity index (χ3v) is 4.70. The Kier molecular flexibility index (Phi) is 4.47. The second-order valence-electron chi connectivity index (χ2n) is 6.41. The maximum absolute atomic E-state index is 5.43. The van der Waals surface area contributed by atoms with E-state index in [1.807, 2.05) is 35.1 Å². The first-order valence-electron chi connectivity index (χ1n) is 8.58. The lowest BCUT2D eigenvalue weighted by atomic mass is 9.97. The third kappa shape index (κ3) is 3.41. The van der Waals surface area contributed by atoms with Gasteiger partial charge in [0.25, 0.3) is 0 Å². The molecule has 0 saturated carbocycles. The van der Waals surface area contributed by atoms with Gasteiger partial charge in [-0.1, -0.05) is 12.1 Å². The normalized spacial score (nSPS) is 18.4. The summed E-state index contributed by atoms with van der Waals surface area (Å²) in [6, 6.07) is 7.91. The molecule has 4 rings (SSSR count). The van der Waals surface area contributed by atoms with Gasteiger partial charge in [-0.2, -0.15) is 10.2 Å². The van der Waals surface area contributed by atoms with E-state index in [9.17, 15) is 0 Å². The van der Waals surface area contributed by atoms with Gasteiger partial charge in [0.1, 0.15) is 23.6 Å². The summed E-state index contributed by atoms with van der Waals surface area (Å²) < 4.78 is 7.31. The van der Waals surface area contributed by atoms with Gasteiger partial charge in [0.2, 0.25) is 0 Å².